The molecule has 0 unspecified atom stereocenters. The van der Waals surface area contributed by atoms with Crippen LogP contribution < -0.4 is 0 Å². The van der Waals surface area contributed by atoms with Crippen molar-refractivity contribution in [3.63, 3.8) is 0 Å². The number of nitrogens with zero attached hydrogens (tertiary/aromatic N) is 1. The van der Waals surface area contributed by atoms with Crippen LogP contribution in [-0.2, 0) is 15.7 Å². The highest BCUT2D eigenvalue weighted by atomic mass is 16.1. The van der Waals surface area contributed by atoms with Crippen molar-refractivity contribution in [1.82, 2.24) is 4.90 Å². The van der Waals surface area contributed by atoms with Crippen molar-refractivity contribution in [2.75, 3.05) is 14.1 Å². The highest BCUT2D eigenvalue weighted by molar-refractivity contribution is 5.79. The second kappa shape index (κ2) is 7.23. The summed E-state index contributed by atoms with van der Waals surface area (Å²) in [5.41, 5.74) is 2.93. The number of carbonyl (C=O) groups excluding carboxylic acids is 1. The SMILES string of the molecule is C=C.CN(C)C1(c2ccc(C(C)(C)C)cc2)CCC(=O)CC1. The molecular weight excluding hydrogens is 270 g/mol. The minimum atomic E-state index is 0.0321. The maximum atomic E-state index is 11.6. The van der Waals surface area contributed by atoms with Gasteiger partial charge in [-0.25, -0.2) is 0 Å². The molecule has 1 aromatic carbocycles. The maximum absolute atomic E-state index is 11.6. The third-order valence-electron chi connectivity index (χ3n) is 4.78. The number of rotatable bonds is 2. The van der Waals surface area contributed by atoms with Gasteiger partial charge < -0.3 is 0 Å². The quantitative estimate of drug-likeness (QED) is 0.739. The zero-order valence-electron chi connectivity index (χ0n) is 14.9. The molecule has 0 heterocycles. The average Bonchev–Trinajstić information content (AvgIpc) is 2.49. The van der Waals surface area contributed by atoms with E-state index in [0.29, 0.717) is 18.6 Å². The molecule has 1 aliphatic carbocycles. The molecule has 2 rings (SSSR count). The molecule has 1 aliphatic rings. The Morgan fingerprint density at radius 3 is 1.82 bits per heavy atom. The molecule has 22 heavy (non-hydrogen) atoms. The first-order chi connectivity index (χ1) is 10.3. The van der Waals surface area contributed by atoms with E-state index in [-0.39, 0.29) is 11.0 Å². The van der Waals surface area contributed by atoms with Crippen molar-refractivity contribution in [3.05, 3.63) is 48.6 Å². The monoisotopic (exact) mass is 301 g/mol. The summed E-state index contributed by atoms with van der Waals surface area (Å²) < 4.78 is 0. The van der Waals surface area contributed by atoms with Gasteiger partial charge in [0.1, 0.15) is 5.78 Å². The highest BCUT2D eigenvalue weighted by Gasteiger charge is 2.38. The molecule has 0 bridgehead atoms. The molecule has 0 aliphatic heterocycles. The number of benzene rings is 1. The van der Waals surface area contributed by atoms with Gasteiger partial charge in [-0.05, 0) is 43.5 Å². The molecule has 0 spiro atoms. The Labute approximate surface area is 136 Å². The summed E-state index contributed by atoms with van der Waals surface area (Å²) >= 11 is 0. The van der Waals surface area contributed by atoms with Crippen LogP contribution in [0.3, 0.4) is 0 Å². The lowest BCUT2D eigenvalue weighted by atomic mass is 9.74. The van der Waals surface area contributed by atoms with Crippen LogP contribution in [0.5, 0.6) is 0 Å². The van der Waals surface area contributed by atoms with Crippen LogP contribution in [0.2, 0.25) is 0 Å². The first kappa shape index (κ1) is 18.6. The molecule has 2 nitrogen and oxygen atoms in total. The molecule has 0 N–H and O–H groups in total. The van der Waals surface area contributed by atoms with E-state index in [0.717, 1.165) is 12.8 Å². The van der Waals surface area contributed by atoms with E-state index in [2.05, 4.69) is 77.2 Å². The summed E-state index contributed by atoms with van der Waals surface area (Å²) in [6.45, 7) is 12.7. The standard InChI is InChI=1S/C18H27NO.C2H4/c1-17(2,3)14-6-8-15(9-7-14)18(19(4)5)12-10-16(20)11-13-18;1-2/h6-9H,10-13H2,1-5H3;1-2H2. The van der Waals surface area contributed by atoms with Crippen molar-refractivity contribution in [3.8, 4) is 0 Å². The molecule has 0 saturated heterocycles. The molecule has 0 radical (unpaired) electrons. The second-order valence-electron chi connectivity index (χ2n) is 7.29. The zero-order valence-corrected chi connectivity index (χ0v) is 14.9. The van der Waals surface area contributed by atoms with Crippen molar-refractivity contribution in [2.24, 2.45) is 0 Å². The summed E-state index contributed by atoms with van der Waals surface area (Å²) in [6, 6.07) is 9.01. The Morgan fingerprint density at radius 2 is 1.45 bits per heavy atom. The van der Waals surface area contributed by atoms with Crippen LogP contribution in [0.4, 0.5) is 0 Å². The molecule has 0 atom stereocenters. The van der Waals surface area contributed by atoms with E-state index < -0.39 is 0 Å². The van der Waals surface area contributed by atoms with Crippen molar-refractivity contribution in [1.29, 1.82) is 0 Å². The number of hydrogen-bond donors (Lipinski definition) is 0. The van der Waals surface area contributed by atoms with Gasteiger partial charge in [0.15, 0.2) is 0 Å². The van der Waals surface area contributed by atoms with Gasteiger partial charge in [0.05, 0.1) is 0 Å². The topological polar surface area (TPSA) is 20.3 Å². The Morgan fingerprint density at radius 1 is 1.00 bits per heavy atom. The maximum Gasteiger partial charge on any atom is 0.133 e. The molecule has 1 aromatic rings. The lowest BCUT2D eigenvalue weighted by molar-refractivity contribution is -0.122. The summed E-state index contributed by atoms with van der Waals surface area (Å²) in [5.74, 6) is 0.411. The first-order valence-corrected chi connectivity index (χ1v) is 8.06. The Balaban J connectivity index is 0.00000116. The van der Waals surface area contributed by atoms with Gasteiger partial charge in [-0.2, -0.15) is 0 Å². The normalized spacial score (nSPS) is 17.8. The predicted molar refractivity (Wildman–Crippen MR) is 95.2 cm³/mol. The van der Waals surface area contributed by atoms with E-state index in [4.69, 9.17) is 0 Å². The Kier molecular flexibility index (Phi) is 6.13. The summed E-state index contributed by atoms with van der Waals surface area (Å²) in [7, 11) is 4.26. The fraction of sp³-hybridized carbons (Fsp3) is 0.550. The van der Waals surface area contributed by atoms with E-state index in [1.165, 1.54) is 11.1 Å². The average molecular weight is 301 g/mol. The van der Waals surface area contributed by atoms with Crippen LogP contribution in [-0.4, -0.2) is 24.8 Å². The molecule has 2 heteroatoms. The van der Waals surface area contributed by atoms with Gasteiger partial charge in [-0.1, -0.05) is 45.0 Å². The van der Waals surface area contributed by atoms with Gasteiger partial charge >= 0.3 is 0 Å². The summed E-state index contributed by atoms with van der Waals surface area (Å²) in [6.07, 6.45) is 3.29. The third-order valence-corrected chi connectivity index (χ3v) is 4.78. The number of carbonyl (C=O) groups is 1. The molecule has 0 aromatic heterocycles. The summed E-state index contributed by atoms with van der Waals surface area (Å²) in [5, 5.41) is 0. The van der Waals surface area contributed by atoms with Crippen LogP contribution in [0, 0.1) is 0 Å². The zero-order chi connectivity index (χ0) is 17.0. The fourth-order valence-corrected chi connectivity index (χ4v) is 3.22. The number of ketones is 1. The van der Waals surface area contributed by atoms with E-state index in [1.54, 1.807) is 0 Å². The number of hydrogen-bond acceptors (Lipinski definition) is 2. The van der Waals surface area contributed by atoms with Crippen molar-refractivity contribution >= 4 is 5.78 Å². The van der Waals surface area contributed by atoms with Gasteiger partial charge in [0, 0.05) is 18.4 Å². The lowest BCUT2D eigenvalue weighted by Crippen LogP contribution is -2.44. The molecule has 1 saturated carbocycles. The highest BCUT2D eigenvalue weighted by Crippen LogP contribution is 2.40. The smallest absolute Gasteiger partial charge is 0.133 e. The summed E-state index contributed by atoms with van der Waals surface area (Å²) in [4.78, 5) is 13.9. The minimum absolute atomic E-state index is 0.0321. The third kappa shape index (κ3) is 3.86. The van der Waals surface area contributed by atoms with Gasteiger partial charge in [-0.3, -0.25) is 9.69 Å². The molecule has 0 amide bonds. The molecule has 1 fully saturated rings. The lowest BCUT2D eigenvalue weighted by Gasteiger charge is -2.43. The fourth-order valence-electron chi connectivity index (χ4n) is 3.22. The van der Waals surface area contributed by atoms with E-state index >= 15 is 0 Å². The Hall–Kier alpha value is -1.41. The van der Waals surface area contributed by atoms with Crippen LogP contribution in [0.1, 0.15) is 57.6 Å². The Bertz CT molecular complexity index is 483. The van der Waals surface area contributed by atoms with E-state index in [1.807, 2.05) is 0 Å². The first-order valence-electron chi connectivity index (χ1n) is 8.06. The second-order valence-corrected chi connectivity index (χ2v) is 7.29. The van der Waals surface area contributed by atoms with Gasteiger partial charge in [0.2, 0.25) is 0 Å². The predicted octanol–water partition coefficient (Wildman–Crippen LogP) is 4.69. The van der Waals surface area contributed by atoms with E-state index in [9.17, 15) is 4.79 Å². The van der Waals surface area contributed by atoms with Gasteiger partial charge in [-0.15, -0.1) is 13.2 Å². The van der Waals surface area contributed by atoms with Gasteiger partial charge in [0.25, 0.3) is 0 Å². The largest absolute Gasteiger partial charge is 0.300 e. The molecule has 122 valence electrons. The minimum Gasteiger partial charge on any atom is -0.300 e. The van der Waals surface area contributed by atoms with Crippen LogP contribution in [0.15, 0.2) is 37.4 Å². The van der Waals surface area contributed by atoms with Crippen molar-refractivity contribution in [2.45, 2.75) is 57.4 Å². The van der Waals surface area contributed by atoms with Crippen LogP contribution >= 0.6 is 0 Å². The number of Topliss-reactive ketones (excluding diaryl/α,β-unsaturated/α-hetero) is 1. The van der Waals surface area contributed by atoms with Crippen LogP contribution in [0.25, 0.3) is 0 Å². The molecular formula is C20H31NO. The van der Waals surface area contributed by atoms with Crippen molar-refractivity contribution < 1.29 is 4.79 Å².